The number of halogens is 2. The molecule has 1 amide bonds. The molecule has 0 fully saturated rings. The molecule has 0 bridgehead atoms. The Bertz CT molecular complexity index is 873. The number of carbonyl (C=O) groups is 2. The number of benzene rings is 2. The van der Waals surface area contributed by atoms with Crippen LogP contribution in [0, 0.1) is 0 Å². The fraction of sp³-hybridized carbons (Fsp3) is 0.263. The molecule has 1 aliphatic heterocycles. The van der Waals surface area contributed by atoms with E-state index in [1.807, 2.05) is 0 Å². The Balaban J connectivity index is 1.33. The summed E-state index contributed by atoms with van der Waals surface area (Å²) in [7, 11) is 0. The van der Waals surface area contributed by atoms with Crippen molar-refractivity contribution in [1.29, 1.82) is 0 Å². The van der Waals surface area contributed by atoms with Crippen LogP contribution in [0.25, 0.3) is 0 Å². The monoisotopic (exact) mass is 425 g/mol. The number of carbonyl (C=O) groups excluding carboxylic acids is 2. The maximum atomic E-state index is 11.9. The fourth-order valence-electron chi connectivity index (χ4n) is 2.38. The van der Waals surface area contributed by atoms with E-state index in [1.165, 1.54) is 0 Å². The van der Waals surface area contributed by atoms with Gasteiger partial charge < -0.3 is 24.3 Å². The lowest BCUT2D eigenvalue weighted by atomic mass is 10.3. The molecule has 1 N–H and O–H groups in total. The second kappa shape index (κ2) is 9.52. The Morgan fingerprint density at radius 1 is 1.07 bits per heavy atom. The summed E-state index contributed by atoms with van der Waals surface area (Å²) in [6.07, 6.45) is 0.532. The number of esters is 1. The minimum absolute atomic E-state index is 0.114. The Hall–Kier alpha value is -2.64. The Morgan fingerprint density at radius 3 is 2.71 bits per heavy atom. The lowest BCUT2D eigenvalue weighted by Gasteiger charge is -2.09. The number of fused-ring (bicyclic) bond motifs is 1. The molecule has 1 heterocycles. The van der Waals surface area contributed by atoms with Gasteiger partial charge in [0.2, 0.25) is 6.79 Å². The third kappa shape index (κ3) is 5.68. The molecule has 3 rings (SSSR count). The molecule has 0 saturated carbocycles. The van der Waals surface area contributed by atoms with Crippen molar-refractivity contribution in [2.45, 2.75) is 12.8 Å². The van der Waals surface area contributed by atoms with Gasteiger partial charge in [-0.15, -0.1) is 0 Å². The van der Waals surface area contributed by atoms with Crippen LogP contribution in [-0.2, 0) is 14.3 Å². The molecular weight excluding hydrogens is 409 g/mol. The molecular formula is C19H17Cl2NO6. The third-order valence-corrected chi connectivity index (χ3v) is 4.23. The topological polar surface area (TPSA) is 83.1 Å². The number of hydrogen-bond donors (Lipinski definition) is 1. The average Bonchev–Trinajstić information content (AvgIpc) is 3.13. The van der Waals surface area contributed by atoms with Crippen molar-refractivity contribution in [2.75, 3.05) is 25.3 Å². The van der Waals surface area contributed by atoms with Crippen molar-refractivity contribution in [2.24, 2.45) is 0 Å². The molecule has 7 nitrogen and oxygen atoms in total. The summed E-state index contributed by atoms with van der Waals surface area (Å²) >= 11 is 11.8. The normalized spacial score (nSPS) is 11.8. The van der Waals surface area contributed by atoms with Gasteiger partial charge in [0.05, 0.1) is 11.6 Å². The largest absolute Gasteiger partial charge is 0.492 e. The Kier molecular flexibility index (Phi) is 6.84. The van der Waals surface area contributed by atoms with Crippen LogP contribution in [-0.4, -0.2) is 31.9 Å². The van der Waals surface area contributed by atoms with Crippen LogP contribution >= 0.6 is 23.2 Å². The summed E-state index contributed by atoms with van der Waals surface area (Å²) in [6.45, 7) is 0.0509. The predicted octanol–water partition coefficient (Wildman–Crippen LogP) is 4.06. The first-order valence-corrected chi connectivity index (χ1v) is 9.20. The van der Waals surface area contributed by atoms with Gasteiger partial charge in [-0.05, 0) is 36.8 Å². The standard InChI is InChI=1S/C19H17Cl2NO6/c20-12-3-5-15(14(21)8-12)25-7-1-2-19(24)26-10-18(23)22-13-4-6-16-17(9-13)28-11-27-16/h3-6,8-9H,1-2,7,10-11H2,(H,22,23). The number of amides is 1. The predicted molar refractivity (Wildman–Crippen MR) is 103 cm³/mol. The quantitative estimate of drug-likeness (QED) is 0.506. The zero-order valence-corrected chi connectivity index (χ0v) is 16.2. The molecule has 0 spiro atoms. The molecule has 28 heavy (non-hydrogen) atoms. The fourth-order valence-corrected chi connectivity index (χ4v) is 2.84. The van der Waals surface area contributed by atoms with E-state index in [2.05, 4.69) is 5.32 Å². The van der Waals surface area contributed by atoms with Gasteiger partial charge in [-0.3, -0.25) is 9.59 Å². The van der Waals surface area contributed by atoms with Gasteiger partial charge in [-0.25, -0.2) is 0 Å². The van der Waals surface area contributed by atoms with E-state index >= 15 is 0 Å². The SMILES string of the molecule is O=C(COC(=O)CCCOc1ccc(Cl)cc1Cl)Nc1ccc2c(c1)OCO2. The second-order valence-corrected chi connectivity index (χ2v) is 6.65. The van der Waals surface area contributed by atoms with Gasteiger partial charge in [0.15, 0.2) is 18.1 Å². The summed E-state index contributed by atoms with van der Waals surface area (Å²) in [5.41, 5.74) is 0.526. The summed E-state index contributed by atoms with van der Waals surface area (Å²) < 4.78 is 20.9. The molecule has 0 aromatic heterocycles. The molecule has 1 aliphatic rings. The number of anilines is 1. The van der Waals surface area contributed by atoms with Gasteiger partial charge in [0.25, 0.3) is 5.91 Å². The highest BCUT2D eigenvalue weighted by molar-refractivity contribution is 6.35. The van der Waals surface area contributed by atoms with E-state index in [0.717, 1.165) is 0 Å². The molecule has 148 valence electrons. The molecule has 0 atom stereocenters. The summed E-state index contributed by atoms with van der Waals surface area (Å²) in [5, 5.41) is 3.54. The zero-order chi connectivity index (χ0) is 19.9. The van der Waals surface area contributed by atoms with Crippen molar-refractivity contribution in [3.8, 4) is 17.2 Å². The van der Waals surface area contributed by atoms with Crippen LogP contribution in [0.2, 0.25) is 10.0 Å². The van der Waals surface area contributed by atoms with Crippen LogP contribution in [0.4, 0.5) is 5.69 Å². The van der Waals surface area contributed by atoms with Gasteiger partial charge in [-0.1, -0.05) is 23.2 Å². The maximum Gasteiger partial charge on any atom is 0.306 e. The molecule has 0 aliphatic carbocycles. The van der Waals surface area contributed by atoms with Crippen molar-refractivity contribution >= 4 is 40.8 Å². The average molecular weight is 426 g/mol. The zero-order valence-electron chi connectivity index (χ0n) is 14.7. The summed E-state index contributed by atoms with van der Waals surface area (Å²) in [6, 6.07) is 9.90. The van der Waals surface area contributed by atoms with Crippen LogP contribution in [0.5, 0.6) is 17.2 Å². The lowest BCUT2D eigenvalue weighted by Crippen LogP contribution is -2.21. The Labute approximate surface area is 171 Å². The van der Waals surface area contributed by atoms with E-state index in [4.69, 9.17) is 42.1 Å². The highest BCUT2D eigenvalue weighted by Gasteiger charge is 2.15. The highest BCUT2D eigenvalue weighted by atomic mass is 35.5. The van der Waals surface area contributed by atoms with Gasteiger partial charge >= 0.3 is 5.97 Å². The van der Waals surface area contributed by atoms with E-state index in [0.29, 0.717) is 39.4 Å². The molecule has 9 heteroatoms. The van der Waals surface area contributed by atoms with E-state index < -0.39 is 11.9 Å². The van der Waals surface area contributed by atoms with Crippen molar-refractivity contribution in [3.63, 3.8) is 0 Å². The highest BCUT2D eigenvalue weighted by Crippen LogP contribution is 2.34. The van der Waals surface area contributed by atoms with Gasteiger partial charge in [0, 0.05) is 23.2 Å². The van der Waals surface area contributed by atoms with Crippen molar-refractivity contribution in [1.82, 2.24) is 0 Å². The first kappa shape index (κ1) is 20.1. The number of hydrogen-bond acceptors (Lipinski definition) is 6. The number of rotatable bonds is 8. The first-order chi connectivity index (χ1) is 13.5. The van der Waals surface area contributed by atoms with Crippen molar-refractivity contribution < 1.29 is 28.5 Å². The summed E-state index contributed by atoms with van der Waals surface area (Å²) in [4.78, 5) is 23.6. The summed E-state index contributed by atoms with van der Waals surface area (Å²) in [5.74, 6) is 0.715. The minimum atomic E-state index is -0.494. The van der Waals surface area contributed by atoms with Gasteiger partial charge in [0.1, 0.15) is 5.75 Å². The molecule has 0 saturated heterocycles. The Morgan fingerprint density at radius 2 is 1.89 bits per heavy atom. The lowest BCUT2D eigenvalue weighted by molar-refractivity contribution is -0.147. The molecule has 2 aromatic carbocycles. The van der Waals surface area contributed by atoms with Gasteiger partial charge in [-0.2, -0.15) is 0 Å². The third-order valence-electron chi connectivity index (χ3n) is 3.70. The molecule has 2 aromatic rings. The number of ether oxygens (including phenoxy) is 4. The van der Waals surface area contributed by atoms with Crippen LogP contribution in [0.15, 0.2) is 36.4 Å². The van der Waals surface area contributed by atoms with Crippen LogP contribution in [0.3, 0.4) is 0 Å². The van der Waals surface area contributed by atoms with E-state index in [-0.39, 0.29) is 26.4 Å². The first-order valence-electron chi connectivity index (χ1n) is 8.44. The molecule has 0 unspecified atom stereocenters. The smallest absolute Gasteiger partial charge is 0.306 e. The van der Waals surface area contributed by atoms with Crippen LogP contribution < -0.4 is 19.5 Å². The minimum Gasteiger partial charge on any atom is -0.492 e. The van der Waals surface area contributed by atoms with Crippen molar-refractivity contribution in [3.05, 3.63) is 46.4 Å². The number of nitrogens with one attached hydrogen (secondary N) is 1. The van der Waals surface area contributed by atoms with E-state index in [9.17, 15) is 9.59 Å². The van der Waals surface area contributed by atoms with E-state index in [1.54, 1.807) is 36.4 Å². The maximum absolute atomic E-state index is 11.9. The second-order valence-electron chi connectivity index (χ2n) is 5.80. The van der Waals surface area contributed by atoms with Crippen LogP contribution in [0.1, 0.15) is 12.8 Å². The molecule has 0 radical (unpaired) electrons.